The third-order valence-electron chi connectivity index (χ3n) is 6.35. The number of nitrogens with zero attached hydrogens (tertiary/aromatic N) is 3. The Morgan fingerprint density at radius 1 is 1.24 bits per heavy atom. The zero-order valence-electron chi connectivity index (χ0n) is 21.2. The molecule has 1 aliphatic rings. The second-order valence-corrected chi connectivity index (χ2v) is 9.48. The van der Waals surface area contributed by atoms with E-state index in [0.717, 1.165) is 30.4 Å². The van der Waals surface area contributed by atoms with E-state index in [1.165, 1.54) is 4.57 Å². The number of amidine groups is 1. The average molecular weight is 538 g/mol. The third-order valence-corrected chi connectivity index (χ3v) is 6.61. The van der Waals surface area contributed by atoms with Crippen LogP contribution < -0.4 is 27.7 Å². The van der Waals surface area contributed by atoms with Gasteiger partial charge in [-0.1, -0.05) is 48.0 Å². The first-order chi connectivity index (χ1) is 18.4. The van der Waals surface area contributed by atoms with E-state index in [1.54, 1.807) is 31.4 Å². The Bertz CT molecular complexity index is 1370. The molecular formula is C27H32ClN7O3. The molecule has 0 bridgehead atoms. The zero-order chi connectivity index (χ0) is 27.1. The van der Waals surface area contributed by atoms with Gasteiger partial charge in [0.25, 0.3) is 5.56 Å². The Balaban J connectivity index is 1.51. The second-order valence-electron chi connectivity index (χ2n) is 9.12. The number of carbonyl (C=O) groups is 1. The third kappa shape index (κ3) is 6.70. The molecule has 1 saturated carbocycles. The summed E-state index contributed by atoms with van der Waals surface area (Å²) in [5.74, 6) is 0.214. The van der Waals surface area contributed by atoms with E-state index in [0.29, 0.717) is 35.9 Å². The number of halogens is 1. The van der Waals surface area contributed by atoms with Crippen molar-refractivity contribution in [2.24, 2.45) is 10.7 Å². The number of benzene rings is 2. The predicted molar refractivity (Wildman–Crippen MR) is 150 cm³/mol. The molecule has 0 atom stereocenters. The van der Waals surface area contributed by atoms with E-state index in [1.807, 2.05) is 24.3 Å². The van der Waals surface area contributed by atoms with Gasteiger partial charge in [0.1, 0.15) is 12.4 Å². The number of ether oxygens (including phenoxy) is 1. The number of hydrogen-bond donors (Lipinski definition) is 4. The molecule has 10 nitrogen and oxygen atoms in total. The van der Waals surface area contributed by atoms with Gasteiger partial charge in [-0.3, -0.25) is 19.1 Å². The Morgan fingerprint density at radius 2 is 2.00 bits per heavy atom. The minimum atomic E-state index is -0.415. The van der Waals surface area contributed by atoms with Gasteiger partial charge in [0.15, 0.2) is 11.0 Å². The van der Waals surface area contributed by atoms with Crippen molar-refractivity contribution >= 4 is 34.8 Å². The maximum absolute atomic E-state index is 13.4. The molecule has 1 heterocycles. The van der Waals surface area contributed by atoms with E-state index in [9.17, 15) is 9.59 Å². The van der Waals surface area contributed by atoms with Crippen LogP contribution in [-0.2, 0) is 22.6 Å². The highest BCUT2D eigenvalue weighted by Crippen LogP contribution is 2.29. The van der Waals surface area contributed by atoms with Gasteiger partial charge in [-0.15, -0.1) is 0 Å². The Morgan fingerprint density at radius 3 is 2.66 bits per heavy atom. The minimum Gasteiger partial charge on any atom is -0.399 e. The number of aliphatic imine (C=N–C) groups is 1. The maximum atomic E-state index is 13.4. The van der Waals surface area contributed by atoms with E-state index in [-0.39, 0.29) is 36.0 Å². The molecule has 38 heavy (non-hydrogen) atoms. The first-order valence-electron chi connectivity index (χ1n) is 12.4. The fourth-order valence-corrected chi connectivity index (χ4v) is 4.33. The fraction of sp³-hybridized carbons (Fsp3) is 0.333. The summed E-state index contributed by atoms with van der Waals surface area (Å²) in [5.41, 5.74) is 14.7. The number of amides is 1. The van der Waals surface area contributed by atoms with E-state index in [4.69, 9.17) is 27.8 Å². The van der Waals surface area contributed by atoms with Crippen molar-refractivity contribution in [1.82, 2.24) is 14.9 Å². The topological polar surface area (TPSA) is 150 Å². The van der Waals surface area contributed by atoms with Crippen molar-refractivity contribution in [3.8, 4) is 11.3 Å². The smallest absolute Gasteiger partial charge is 0.294 e. The van der Waals surface area contributed by atoms with Crippen molar-refractivity contribution < 1.29 is 9.53 Å². The van der Waals surface area contributed by atoms with Gasteiger partial charge >= 0.3 is 0 Å². The summed E-state index contributed by atoms with van der Waals surface area (Å²) in [5, 5.41) is 6.16. The minimum absolute atomic E-state index is 0.116. The lowest BCUT2D eigenvalue weighted by atomic mass is 9.93. The summed E-state index contributed by atoms with van der Waals surface area (Å²) >= 11 is 6.56. The van der Waals surface area contributed by atoms with Gasteiger partial charge in [-0.25, -0.2) is 4.98 Å². The molecule has 1 aromatic heterocycles. The number of rotatable bonds is 11. The van der Waals surface area contributed by atoms with E-state index >= 15 is 0 Å². The molecule has 200 valence electrons. The van der Waals surface area contributed by atoms with Crippen LogP contribution in [0.1, 0.15) is 30.4 Å². The highest BCUT2D eigenvalue weighted by molar-refractivity contribution is 6.32. The summed E-state index contributed by atoms with van der Waals surface area (Å²) in [6, 6.07) is 14.6. The van der Waals surface area contributed by atoms with Gasteiger partial charge in [0.05, 0.1) is 18.8 Å². The highest BCUT2D eigenvalue weighted by atomic mass is 35.5. The maximum Gasteiger partial charge on any atom is 0.294 e. The summed E-state index contributed by atoms with van der Waals surface area (Å²) < 4.78 is 6.33. The number of carbonyl (C=O) groups excluding carboxylic acids is 1. The normalized spacial score (nSPS) is 13.7. The van der Waals surface area contributed by atoms with Gasteiger partial charge in [-0.05, 0) is 37.0 Å². The van der Waals surface area contributed by atoms with Crippen molar-refractivity contribution in [3.05, 3.63) is 75.2 Å². The number of nitrogens with one attached hydrogen (secondary N) is 2. The van der Waals surface area contributed by atoms with Crippen LogP contribution >= 0.6 is 11.6 Å². The highest BCUT2D eigenvalue weighted by Gasteiger charge is 2.23. The number of methoxy groups -OCH3 is 1. The lowest BCUT2D eigenvalue weighted by molar-refractivity contribution is -0.121. The SMILES string of the molecule is COCCN=C(N)c1ccc(CNC(=O)Cn2c(-c3cccc(N)c3)c(Cl)nc(NC3CCC3)c2=O)cc1. The molecule has 0 saturated heterocycles. The molecule has 0 unspecified atom stereocenters. The summed E-state index contributed by atoms with van der Waals surface area (Å²) in [6.45, 7) is 1.01. The van der Waals surface area contributed by atoms with Gasteiger partial charge < -0.3 is 26.8 Å². The second kappa shape index (κ2) is 12.6. The molecule has 1 amide bonds. The lowest BCUT2D eigenvalue weighted by Gasteiger charge is -2.27. The Hall–Kier alpha value is -3.89. The molecular weight excluding hydrogens is 506 g/mol. The molecule has 2 aromatic carbocycles. The van der Waals surface area contributed by atoms with Crippen LogP contribution in [-0.4, -0.2) is 47.6 Å². The quantitative estimate of drug-likeness (QED) is 0.127. The number of hydrogen-bond acceptors (Lipinski definition) is 7. The molecule has 6 N–H and O–H groups in total. The van der Waals surface area contributed by atoms with Crippen molar-refractivity contribution in [2.45, 2.75) is 38.4 Å². The van der Waals surface area contributed by atoms with E-state index in [2.05, 4.69) is 20.6 Å². The molecule has 0 spiro atoms. The molecule has 0 radical (unpaired) electrons. The molecule has 3 aromatic rings. The molecule has 4 rings (SSSR count). The van der Waals surface area contributed by atoms with Crippen LogP contribution in [0.2, 0.25) is 5.15 Å². The first-order valence-corrected chi connectivity index (χ1v) is 12.8. The standard InChI is InChI=1S/C27H32ClN7O3/c1-38-13-12-31-25(30)18-10-8-17(9-11-18)15-32-22(36)16-35-23(19-4-2-5-20(29)14-19)24(28)34-26(27(35)37)33-21-6-3-7-21/h2,4-5,8-11,14,21H,3,6-7,12-13,15-16,29H2,1H3,(H2,30,31)(H,32,36)(H,33,34). The van der Waals surface area contributed by atoms with Crippen molar-refractivity contribution in [3.63, 3.8) is 0 Å². The number of nitrogens with two attached hydrogens (primary N) is 2. The number of anilines is 2. The van der Waals surface area contributed by atoms with Gasteiger partial charge in [-0.2, -0.15) is 0 Å². The van der Waals surface area contributed by atoms with Gasteiger partial charge in [0.2, 0.25) is 5.91 Å². The summed E-state index contributed by atoms with van der Waals surface area (Å²) in [4.78, 5) is 35.0. The van der Waals surface area contributed by atoms with Gasteiger partial charge in [0, 0.05) is 36.5 Å². The number of aromatic nitrogens is 2. The molecule has 11 heteroatoms. The molecule has 1 aliphatic carbocycles. The Labute approximate surface area is 226 Å². The molecule has 0 aliphatic heterocycles. The van der Waals surface area contributed by atoms with Crippen molar-refractivity contribution in [1.29, 1.82) is 0 Å². The van der Waals surface area contributed by atoms with E-state index < -0.39 is 5.56 Å². The van der Waals surface area contributed by atoms with Crippen molar-refractivity contribution in [2.75, 3.05) is 31.3 Å². The largest absolute Gasteiger partial charge is 0.399 e. The van der Waals surface area contributed by atoms with Crippen LogP contribution in [0.15, 0.2) is 58.3 Å². The Kier molecular flexibility index (Phi) is 8.98. The average Bonchev–Trinajstić information content (AvgIpc) is 2.88. The molecule has 1 fully saturated rings. The summed E-state index contributed by atoms with van der Waals surface area (Å²) in [6.07, 6.45) is 3.01. The zero-order valence-corrected chi connectivity index (χ0v) is 22.0. The monoisotopic (exact) mass is 537 g/mol. The summed E-state index contributed by atoms with van der Waals surface area (Å²) in [7, 11) is 1.61. The van der Waals surface area contributed by atoms with Crippen LogP contribution in [0.25, 0.3) is 11.3 Å². The van der Waals surface area contributed by atoms with Crippen LogP contribution in [0.5, 0.6) is 0 Å². The number of nitrogen functional groups attached to an aromatic ring is 1. The lowest BCUT2D eigenvalue weighted by Crippen LogP contribution is -2.37. The fourth-order valence-electron chi connectivity index (χ4n) is 4.03. The van der Waals surface area contributed by atoms with Crippen LogP contribution in [0.3, 0.4) is 0 Å². The van der Waals surface area contributed by atoms with Crippen LogP contribution in [0, 0.1) is 0 Å². The predicted octanol–water partition coefficient (Wildman–Crippen LogP) is 2.78. The van der Waals surface area contributed by atoms with Crippen LogP contribution in [0.4, 0.5) is 11.5 Å². The first kappa shape index (κ1) is 27.2.